The first-order valence-electron chi connectivity index (χ1n) is 7.28. The Labute approximate surface area is 126 Å². The van der Waals surface area contributed by atoms with Crippen LogP contribution in [0.15, 0.2) is 24.3 Å². The Bertz CT molecular complexity index is 518. The SMILES string of the molecule is O=C(Nc1ccccc1C(F)(F)F)N1CCCCC1CCO. The quantitative estimate of drug-likeness (QED) is 0.897. The van der Waals surface area contributed by atoms with Gasteiger partial charge in [-0.15, -0.1) is 0 Å². The van der Waals surface area contributed by atoms with E-state index in [0.29, 0.717) is 13.0 Å². The molecule has 1 aromatic carbocycles. The number of nitrogens with zero attached hydrogens (tertiary/aromatic N) is 1. The van der Waals surface area contributed by atoms with Crippen molar-refractivity contribution in [1.82, 2.24) is 4.90 Å². The maximum absolute atomic E-state index is 12.9. The first-order chi connectivity index (χ1) is 10.4. The molecule has 1 aromatic rings. The highest BCUT2D eigenvalue weighted by molar-refractivity contribution is 5.90. The normalized spacial score (nSPS) is 19.1. The van der Waals surface area contributed by atoms with Gasteiger partial charge in [0.15, 0.2) is 0 Å². The van der Waals surface area contributed by atoms with Crippen LogP contribution in [0.3, 0.4) is 0 Å². The molecule has 7 heteroatoms. The maximum Gasteiger partial charge on any atom is 0.418 e. The van der Waals surface area contributed by atoms with E-state index in [9.17, 15) is 18.0 Å². The van der Waals surface area contributed by atoms with Crippen molar-refractivity contribution in [3.63, 3.8) is 0 Å². The Morgan fingerprint density at radius 2 is 2.05 bits per heavy atom. The first kappa shape index (κ1) is 16.6. The van der Waals surface area contributed by atoms with Crippen molar-refractivity contribution >= 4 is 11.7 Å². The molecule has 0 saturated carbocycles. The molecule has 22 heavy (non-hydrogen) atoms. The molecule has 0 radical (unpaired) electrons. The summed E-state index contributed by atoms with van der Waals surface area (Å²) < 4.78 is 38.8. The van der Waals surface area contributed by atoms with Gasteiger partial charge in [0.05, 0.1) is 11.3 Å². The molecule has 0 spiro atoms. The molecule has 2 rings (SSSR count). The number of nitrogens with one attached hydrogen (secondary N) is 1. The molecule has 0 aromatic heterocycles. The van der Waals surface area contributed by atoms with Gasteiger partial charge in [0.2, 0.25) is 0 Å². The summed E-state index contributed by atoms with van der Waals surface area (Å²) in [5.41, 5.74) is -1.10. The van der Waals surface area contributed by atoms with E-state index in [0.717, 1.165) is 25.3 Å². The molecule has 1 unspecified atom stereocenters. The van der Waals surface area contributed by atoms with E-state index in [1.807, 2.05) is 0 Å². The minimum atomic E-state index is -4.52. The van der Waals surface area contributed by atoms with E-state index in [-0.39, 0.29) is 18.3 Å². The standard InChI is InChI=1S/C15H19F3N2O2/c16-15(17,18)12-6-1-2-7-13(12)19-14(22)20-9-4-3-5-11(20)8-10-21/h1-2,6-7,11,21H,3-5,8-10H2,(H,19,22). The van der Waals surface area contributed by atoms with Gasteiger partial charge in [-0.05, 0) is 37.8 Å². The molecular formula is C15H19F3N2O2. The highest BCUT2D eigenvalue weighted by Crippen LogP contribution is 2.34. The smallest absolute Gasteiger partial charge is 0.396 e. The van der Waals surface area contributed by atoms with E-state index < -0.39 is 17.8 Å². The summed E-state index contributed by atoms with van der Waals surface area (Å²) in [6, 6.07) is 4.25. The average Bonchev–Trinajstić information content (AvgIpc) is 2.47. The van der Waals surface area contributed by atoms with Crippen molar-refractivity contribution in [2.45, 2.75) is 37.9 Å². The lowest BCUT2D eigenvalue weighted by Gasteiger charge is -2.35. The van der Waals surface area contributed by atoms with Gasteiger partial charge in [-0.3, -0.25) is 0 Å². The van der Waals surface area contributed by atoms with Gasteiger partial charge in [0, 0.05) is 19.2 Å². The zero-order valence-electron chi connectivity index (χ0n) is 12.1. The molecule has 4 nitrogen and oxygen atoms in total. The second kappa shape index (κ2) is 7.00. The number of amides is 2. The summed E-state index contributed by atoms with van der Waals surface area (Å²) in [6.07, 6.45) is -1.55. The number of carbonyl (C=O) groups excluding carboxylic acids is 1. The largest absolute Gasteiger partial charge is 0.418 e. The van der Waals surface area contributed by atoms with Crippen LogP contribution in [0, 0.1) is 0 Å². The third-order valence-electron chi connectivity index (χ3n) is 3.82. The molecular weight excluding hydrogens is 297 g/mol. The number of halogens is 3. The van der Waals surface area contributed by atoms with Crippen molar-refractivity contribution in [1.29, 1.82) is 0 Å². The fraction of sp³-hybridized carbons (Fsp3) is 0.533. The van der Waals surface area contributed by atoms with Crippen LogP contribution in [0.2, 0.25) is 0 Å². The highest BCUT2D eigenvalue weighted by atomic mass is 19.4. The molecule has 1 saturated heterocycles. The molecule has 1 aliphatic rings. The van der Waals surface area contributed by atoms with Crippen LogP contribution in [-0.4, -0.2) is 35.2 Å². The van der Waals surface area contributed by atoms with Crippen LogP contribution in [-0.2, 0) is 6.18 Å². The highest BCUT2D eigenvalue weighted by Gasteiger charge is 2.34. The van der Waals surface area contributed by atoms with Gasteiger partial charge in [-0.25, -0.2) is 4.79 Å². The number of carbonyl (C=O) groups is 1. The average molecular weight is 316 g/mol. The molecule has 2 N–H and O–H groups in total. The minimum Gasteiger partial charge on any atom is -0.396 e. The summed E-state index contributed by atoms with van der Waals surface area (Å²) in [6.45, 7) is 0.443. The molecule has 1 aliphatic heterocycles. The number of likely N-dealkylation sites (tertiary alicyclic amines) is 1. The fourth-order valence-corrected chi connectivity index (χ4v) is 2.74. The van der Waals surface area contributed by atoms with Crippen LogP contribution in [0.4, 0.5) is 23.7 Å². The Morgan fingerprint density at radius 1 is 1.32 bits per heavy atom. The zero-order valence-corrected chi connectivity index (χ0v) is 12.1. The number of hydrogen-bond donors (Lipinski definition) is 2. The van der Waals surface area contributed by atoms with Gasteiger partial charge in [0.25, 0.3) is 0 Å². The van der Waals surface area contributed by atoms with Gasteiger partial charge >= 0.3 is 12.2 Å². The summed E-state index contributed by atoms with van der Waals surface area (Å²) >= 11 is 0. The van der Waals surface area contributed by atoms with Crippen LogP contribution < -0.4 is 5.32 Å². The Kier molecular flexibility index (Phi) is 5.28. The molecule has 1 heterocycles. The number of para-hydroxylation sites is 1. The summed E-state index contributed by atoms with van der Waals surface area (Å²) in [5.74, 6) is 0. The number of hydrogen-bond acceptors (Lipinski definition) is 2. The second-order valence-electron chi connectivity index (χ2n) is 5.33. The van der Waals surface area contributed by atoms with Crippen molar-refractivity contribution in [2.24, 2.45) is 0 Å². The number of urea groups is 1. The molecule has 0 aliphatic carbocycles. The summed E-state index contributed by atoms with van der Waals surface area (Å²) in [5, 5.41) is 11.4. The Morgan fingerprint density at radius 3 is 2.73 bits per heavy atom. The predicted octanol–water partition coefficient (Wildman–Crippen LogP) is 3.47. The Balaban J connectivity index is 2.14. The number of aliphatic hydroxyl groups excluding tert-OH is 1. The monoisotopic (exact) mass is 316 g/mol. The first-order valence-corrected chi connectivity index (χ1v) is 7.28. The lowest BCUT2D eigenvalue weighted by Crippen LogP contribution is -2.46. The topological polar surface area (TPSA) is 52.6 Å². The van der Waals surface area contributed by atoms with E-state index >= 15 is 0 Å². The second-order valence-corrected chi connectivity index (χ2v) is 5.33. The van der Waals surface area contributed by atoms with Crippen molar-refractivity contribution < 1.29 is 23.1 Å². The zero-order chi connectivity index (χ0) is 16.2. The Hall–Kier alpha value is -1.76. The van der Waals surface area contributed by atoms with E-state index in [1.54, 1.807) is 0 Å². The molecule has 0 bridgehead atoms. The third-order valence-corrected chi connectivity index (χ3v) is 3.82. The van der Waals surface area contributed by atoms with Crippen LogP contribution in [0.1, 0.15) is 31.2 Å². The molecule has 2 amide bonds. The van der Waals surface area contributed by atoms with Crippen LogP contribution >= 0.6 is 0 Å². The summed E-state index contributed by atoms with van der Waals surface area (Å²) in [4.78, 5) is 13.8. The molecule has 1 fully saturated rings. The summed E-state index contributed by atoms with van der Waals surface area (Å²) in [7, 11) is 0. The number of aliphatic hydroxyl groups is 1. The lowest BCUT2D eigenvalue weighted by atomic mass is 10.00. The van der Waals surface area contributed by atoms with Crippen LogP contribution in [0.5, 0.6) is 0 Å². The number of piperidine rings is 1. The molecule has 122 valence electrons. The predicted molar refractivity (Wildman–Crippen MR) is 76.5 cm³/mol. The van der Waals surface area contributed by atoms with Crippen molar-refractivity contribution in [3.05, 3.63) is 29.8 Å². The minimum absolute atomic E-state index is 0.0480. The number of anilines is 1. The van der Waals surface area contributed by atoms with Gasteiger partial charge in [-0.2, -0.15) is 13.2 Å². The number of benzene rings is 1. The van der Waals surface area contributed by atoms with E-state index in [4.69, 9.17) is 5.11 Å². The number of rotatable bonds is 3. The lowest BCUT2D eigenvalue weighted by molar-refractivity contribution is -0.136. The van der Waals surface area contributed by atoms with E-state index in [2.05, 4.69) is 5.32 Å². The third kappa shape index (κ3) is 3.91. The maximum atomic E-state index is 12.9. The van der Waals surface area contributed by atoms with E-state index in [1.165, 1.54) is 23.1 Å². The van der Waals surface area contributed by atoms with Gasteiger partial charge in [-0.1, -0.05) is 12.1 Å². The number of alkyl halides is 3. The fourth-order valence-electron chi connectivity index (χ4n) is 2.74. The van der Waals surface area contributed by atoms with Gasteiger partial charge in [0.1, 0.15) is 0 Å². The molecule has 1 atom stereocenters. The van der Waals surface area contributed by atoms with Crippen molar-refractivity contribution in [2.75, 3.05) is 18.5 Å². The van der Waals surface area contributed by atoms with Crippen molar-refractivity contribution in [3.8, 4) is 0 Å². The van der Waals surface area contributed by atoms with Gasteiger partial charge < -0.3 is 15.3 Å². The van der Waals surface area contributed by atoms with Crippen LogP contribution in [0.25, 0.3) is 0 Å².